The molecule has 4 aromatic heterocycles. The number of aromatic carboxylic acids is 1. The third kappa shape index (κ3) is 5.74. The number of nitriles is 1. The second-order valence-electron chi connectivity index (χ2n) is 12.6. The van der Waals surface area contributed by atoms with Crippen LogP contribution in [-0.2, 0) is 20.9 Å². The molecule has 6 heterocycles. The van der Waals surface area contributed by atoms with Crippen molar-refractivity contribution in [3.63, 3.8) is 0 Å². The van der Waals surface area contributed by atoms with Crippen LogP contribution in [0.2, 0.25) is 0 Å². The number of hydrogen-bond donors (Lipinski definition) is 4. The number of fused-ring (bicyclic) bond motifs is 5. The van der Waals surface area contributed by atoms with Crippen LogP contribution in [-0.4, -0.2) is 97.9 Å². The van der Waals surface area contributed by atoms with E-state index in [0.29, 0.717) is 41.2 Å². The van der Waals surface area contributed by atoms with Crippen molar-refractivity contribution in [3.05, 3.63) is 57.9 Å². The molecule has 0 saturated carbocycles. The van der Waals surface area contributed by atoms with Gasteiger partial charge < -0.3 is 39.0 Å². The first-order valence-corrected chi connectivity index (χ1v) is 17.1. The van der Waals surface area contributed by atoms with Gasteiger partial charge in [-0.15, -0.1) is 0 Å². The molecule has 17 nitrogen and oxygen atoms in total. The average molecular weight is 721 g/mol. The van der Waals surface area contributed by atoms with Gasteiger partial charge in [-0.3, -0.25) is 9.69 Å². The van der Waals surface area contributed by atoms with Crippen molar-refractivity contribution < 1.29 is 42.7 Å². The van der Waals surface area contributed by atoms with Crippen molar-refractivity contribution >= 4 is 64.2 Å². The molecule has 7 rings (SSSR count). The number of phosphoric ester groups is 1. The summed E-state index contributed by atoms with van der Waals surface area (Å²) in [6.07, 6.45) is 4.02. The minimum absolute atomic E-state index is 0.0226. The number of H-pyrrole nitrogens is 1. The Morgan fingerprint density at radius 2 is 1.96 bits per heavy atom. The molecule has 0 unspecified atom stereocenters. The highest BCUT2D eigenvalue weighted by molar-refractivity contribution is 7.46. The van der Waals surface area contributed by atoms with Gasteiger partial charge in [-0.05, 0) is 25.5 Å². The Bertz CT molecular complexity index is 2460. The summed E-state index contributed by atoms with van der Waals surface area (Å²) in [7, 11) is -0.101. The fraction of sp³-hybridized carbons (Fsp3) is 0.312. The number of rotatable bonds is 7. The van der Waals surface area contributed by atoms with Crippen LogP contribution in [0, 0.1) is 23.1 Å². The Morgan fingerprint density at radius 1 is 1.20 bits per heavy atom. The summed E-state index contributed by atoms with van der Waals surface area (Å²) < 4.78 is 37.5. The van der Waals surface area contributed by atoms with Crippen molar-refractivity contribution in [2.45, 2.75) is 12.5 Å². The first kappa shape index (κ1) is 34.0. The van der Waals surface area contributed by atoms with E-state index < -0.39 is 43.5 Å². The molecule has 0 bridgehead atoms. The van der Waals surface area contributed by atoms with Gasteiger partial charge in [0.15, 0.2) is 0 Å². The molecule has 2 aliphatic rings. The first-order valence-electron chi connectivity index (χ1n) is 15.5. The molecule has 1 amide bonds. The molecule has 0 spiro atoms. The van der Waals surface area contributed by atoms with E-state index in [-0.39, 0.29) is 44.9 Å². The standard InChI is InChI=1S/C32H30FN8O9P/c1-38-11-15-4-5-41(23(15)13-38)27-19(16-6-17-28(42)20(31(43)44)12-39(2)30(17)36-9-16)10-35-29-25(27)24-18(8-34)21(33)7-22(26(24)37-29)40(3)32(45)49-14-50-51(46,47)48/h6-7,9-10,12,15,23H,4-5,11,13-14H2,1-3H3,(H,35,37)(H,43,44)(H2,46,47,48)/t15-,23+/m0/s1. The quantitative estimate of drug-likeness (QED) is 0.140. The minimum atomic E-state index is -4.95. The van der Waals surface area contributed by atoms with Gasteiger partial charge >= 0.3 is 19.9 Å². The lowest BCUT2D eigenvalue weighted by molar-refractivity contribution is 0.0439. The van der Waals surface area contributed by atoms with Gasteiger partial charge in [-0.2, -0.15) is 5.26 Å². The normalized spacial score (nSPS) is 17.7. The number of aromatic nitrogens is 4. The molecule has 4 N–H and O–H groups in total. The minimum Gasteiger partial charge on any atom is -0.477 e. The number of hydrogen-bond acceptors (Lipinski definition) is 11. The summed E-state index contributed by atoms with van der Waals surface area (Å²) >= 11 is 0. The molecule has 19 heteroatoms. The number of nitrogens with zero attached hydrogens (tertiary/aromatic N) is 7. The predicted molar refractivity (Wildman–Crippen MR) is 181 cm³/mol. The van der Waals surface area contributed by atoms with E-state index >= 15 is 4.39 Å². The van der Waals surface area contributed by atoms with Crippen LogP contribution in [0.5, 0.6) is 0 Å². The smallest absolute Gasteiger partial charge is 0.472 e. The van der Waals surface area contributed by atoms with Crippen LogP contribution < -0.4 is 15.2 Å². The SMILES string of the molecule is CN1C[C@@H]2CCN(c3c(-c4cnc5c(c4)c(=O)c(C(=O)O)cn5C)cnc4[nH]c5c(N(C)C(=O)OCOP(=O)(O)O)cc(F)c(C#N)c5c34)[C@@H]2C1. The summed E-state index contributed by atoms with van der Waals surface area (Å²) in [5.41, 5.74) is 0.627. The highest BCUT2D eigenvalue weighted by Crippen LogP contribution is 2.47. The fourth-order valence-corrected chi connectivity index (χ4v) is 7.49. The Morgan fingerprint density at radius 3 is 2.67 bits per heavy atom. The van der Waals surface area contributed by atoms with Crippen LogP contribution in [0.25, 0.3) is 44.1 Å². The number of nitrogens with one attached hydrogen (secondary N) is 1. The van der Waals surface area contributed by atoms with E-state index in [1.807, 2.05) is 13.1 Å². The van der Waals surface area contributed by atoms with E-state index in [9.17, 15) is 29.3 Å². The van der Waals surface area contributed by atoms with Gasteiger partial charge in [-0.1, -0.05) is 0 Å². The maximum Gasteiger partial charge on any atom is 0.472 e. The van der Waals surface area contributed by atoms with Gasteiger partial charge in [0.05, 0.1) is 33.2 Å². The highest BCUT2D eigenvalue weighted by atomic mass is 31.2. The van der Waals surface area contributed by atoms with Crippen molar-refractivity contribution in [1.82, 2.24) is 24.4 Å². The maximum absolute atomic E-state index is 15.9. The topological polar surface area (TPSA) is 227 Å². The number of carboxylic acid groups (broad SMARTS) is 1. The number of ether oxygens (including phenoxy) is 1. The zero-order valence-electron chi connectivity index (χ0n) is 27.3. The molecule has 2 saturated heterocycles. The number of carbonyl (C=O) groups is 2. The number of likely N-dealkylation sites (tertiary alicyclic amines) is 1. The molecule has 5 aromatic rings. The summed E-state index contributed by atoms with van der Waals surface area (Å²) in [6, 6.07) is 4.48. The van der Waals surface area contributed by atoms with Crippen LogP contribution in [0.3, 0.4) is 0 Å². The number of phosphoric acid groups is 1. The lowest BCUT2D eigenvalue weighted by atomic mass is 9.98. The largest absolute Gasteiger partial charge is 0.477 e. The van der Waals surface area contributed by atoms with Gasteiger partial charge in [-0.25, -0.2) is 33.0 Å². The van der Waals surface area contributed by atoms with Crippen molar-refractivity contribution in [2.24, 2.45) is 13.0 Å². The van der Waals surface area contributed by atoms with Crippen LogP contribution in [0.15, 0.2) is 35.5 Å². The first-order chi connectivity index (χ1) is 24.2. The van der Waals surface area contributed by atoms with Gasteiger partial charge in [0, 0.05) is 80.9 Å². The van der Waals surface area contributed by atoms with Crippen molar-refractivity contribution in [1.29, 1.82) is 5.26 Å². The molecule has 2 fully saturated rings. The molecule has 0 aliphatic carbocycles. The molecule has 2 aliphatic heterocycles. The molecular weight excluding hydrogens is 690 g/mol. The second kappa shape index (κ2) is 12.4. The van der Waals surface area contributed by atoms with Gasteiger partial charge in [0.25, 0.3) is 0 Å². The summed E-state index contributed by atoms with van der Waals surface area (Å²) in [5.74, 6) is -2.04. The number of amides is 1. The van der Waals surface area contributed by atoms with Gasteiger partial charge in [0.2, 0.25) is 12.2 Å². The monoisotopic (exact) mass is 720 g/mol. The Kier molecular flexibility index (Phi) is 8.28. The number of pyridine rings is 3. The highest BCUT2D eigenvalue weighted by Gasteiger charge is 2.42. The number of aromatic amines is 1. The third-order valence-corrected chi connectivity index (χ3v) is 9.97. The summed E-state index contributed by atoms with van der Waals surface area (Å²) in [6.45, 7) is 1.08. The molecule has 1 aromatic carbocycles. The van der Waals surface area contributed by atoms with E-state index in [2.05, 4.69) is 29.3 Å². The molecule has 0 radical (unpaired) electrons. The van der Waals surface area contributed by atoms with Crippen LogP contribution in [0.1, 0.15) is 22.3 Å². The van der Waals surface area contributed by atoms with Crippen molar-refractivity contribution in [3.8, 4) is 17.2 Å². The number of benzene rings is 1. The number of carbonyl (C=O) groups excluding carboxylic acids is 1. The average Bonchev–Trinajstić information content (AvgIpc) is 3.76. The zero-order chi connectivity index (χ0) is 36.5. The van der Waals surface area contributed by atoms with E-state index in [1.165, 1.54) is 17.8 Å². The number of likely N-dealkylation sites (N-methyl/N-ethyl adjacent to an activating group) is 1. The fourth-order valence-electron chi connectivity index (χ4n) is 7.30. The third-order valence-electron chi connectivity index (χ3n) is 9.53. The Labute approximate surface area is 287 Å². The van der Waals surface area contributed by atoms with Crippen LogP contribution in [0.4, 0.5) is 20.6 Å². The lowest BCUT2D eigenvalue weighted by Crippen LogP contribution is -2.35. The van der Waals surface area contributed by atoms with Crippen LogP contribution >= 0.6 is 7.82 Å². The molecule has 264 valence electrons. The van der Waals surface area contributed by atoms with E-state index in [4.69, 9.17) is 14.5 Å². The Balaban J connectivity index is 1.49. The summed E-state index contributed by atoms with van der Waals surface area (Å²) in [4.78, 5) is 73.6. The summed E-state index contributed by atoms with van der Waals surface area (Å²) in [5, 5.41) is 20.5. The van der Waals surface area contributed by atoms with Gasteiger partial charge in [0.1, 0.15) is 28.7 Å². The lowest BCUT2D eigenvalue weighted by Gasteiger charge is -2.29. The molecule has 2 atom stereocenters. The van der Waals surface area contributed by atoms with E-state index in [0.717, 1.165) is 23.9 Å². The number of halogens is 1. The second-order valence-corrected chi connectivity index (χ2v) is 13.8. The molecular formula is C32H30FN8O9P. The number of aryl methyl sites for hydroxylation is 1. The maximum atomic E-state index is 15.9. The molecule has 51 heavy (non-hydrogen) atoms. The zero-order valence-corrected chi connectivity index (χ0v) is 28.2. The van der Waals surface area contributed by atoms with Crippen molar-refractivity contribution in [2.75, 3.05) is 50.3 Å². The Hall–Kier alpha value is -5.44. The predicted octanol–water partition coefficient (Wildman–Crippen LogP) is 3.12. The number of carboxylic acids is 1. The van der Waals surface area contributed by atoms with E-state index in [1.54, 1.807) is 25.5 Å². The number of anilines is 2.